The first-order valence-electron chi connectivity index (χ1n) is 5.93. The lowest BCUT2D eigenvalue weighted by Gasteiger charge is -2.28. The van der Waals surface area contributed by atoms with Crippen LogP contribution >= 0.6 is 0 Å². The van der Waals surface area contributed by atoms with E-state index in [1.54, 1.807) is 7.11 Å². The zero-order chi connectivity index (χ0) is 13.0. The number of likely N-dealkylation sites (N-methyl/N-ethyl adjacent to an activating group) is 1. The molecule has 1 aromatic rings. The van der Waals surface area contributed by atoms with Crippen LogP contribution in [0.5, 0.6) is 0 Å². The number of hydrogen-bond donors (Lipinski definition) is 1. The first-order chi connectivity index (χ1) is 8.71. The molecule has 18 heavy (non-hydrogen) atoms. The third-order valence-electron chi connectivity index (χ3n) is 3.19. The van der Waals surface area contributed by atoms with Crippen molar-refractivity contribution >= 4 is 5.78 Å². The first kappa shape index (κ1) is 12.7. The van der Waals surface area contributed by atoms with E-state index >= 15 is 0 Å². The van der Waals surface area contributed by atoms with Gasteiger partial charge >= 0.3 is 0 Å². The smallest absolute Gasteiger partial charge is 0.173 e. The van der Waals surface area contributed by atoms with Crippen LogP contribution in [0.2, 0.25) is 0 Å². The molecule has 1 aromatic carbocycles. The Morgan fingerprint density at radius 1 is 1.22 bits per heavy atom. The molecule has 94 valence electrons. The van der Waals surface area contributed by atoms with Crippen molar-refractivity contribution in [2.45, 2.75) is 5.72 Å². The highest BCUT2D eigenvalue weighted by molar-refractivity contribution is 6.00. The average molecular weight is 243 g/mol. The van der Waals surface area contributed by atoms with E-state index < -0.39 is 5.72 Å². The summed E-state index contributed by atoms with van der Waals surface area (Å²) in [6, 6.07) is 9.31. The van der Waals surface area contributed by atoms with Crippen molar-refractivity contribution in [3.63, 3.8) is 0 Å². The molecule has 0 radical (unpaired) electrons. The van der Waals surface area contributed by atoms with Crippen molar-refractivity contribution < 1.29 is 9.53 Å². The van der Waals surface area contributed by atoms with Crippen LogP contribution in [0.4, 0.5) is 0 Å². The highest BCUT2D eigenvalue weighted by Gasteiger charge is 2.26. The van der Waals surface area contributed by atoms with Gasteiger partial charge in [0.15, 0.2) is 11.5 Å². The van der Waals surface area contributed by atoms with Crippen LogP contribution in [0.3, 0.4) is 0 Å². The minimum Gasteiger partial charge on any atom is -0.357 e. The molecule has 1 aliphatic carbocycles. The predicted molar refractivity (Wildman–Crippen MR) is 71.3 cm³/mol. The topological polar surface area (TPSA) is 38.3 Å². The summed E-state index contributed by atoms with van der Waals surface area (Å²) in [5, 5.41) is 3.06. The lowest BCUT2D eigenvalue weighted by atomic mass is 9.91. The normalized spacial score (nSPS) is 26.2. The van der Waals surface area contributed by atoms with Gasteiger partial charge in [-0.3, -0.25) is 10.1 Å². The van der Waals surface area contributed by atoms with Gasteiger partial charge in [-0.1, -0.05) is 42.5 Å². The van der Waals surface area contributed by atoms with Crippen molar-refractivity contribution in [3.05, 3.63) is 60.2 Å². The summed E-state index contributed by atoms with van der Waals surface area (Å²) in [7, 11) is 3.45. The van der Waals surface area contributed by atoms with Crippen molar-refractivity contribution in [2.75, 3.05) is 14.2 Å². The van der Waals surface area contributed by atoms with Crippen LogP contribution in [0.25, 0.3) is 0 Å². The second kappa shape index (κ2) is 5.29. The van der Waals surface area contributed by atoms with E-state index in [2.05, 4.69) is 5.32 Å². The number of benzene rings is 1. The Balaban J connectivity index is 2.15. The van der Waals surface area contributed by atoms with Crippen LogP contribution in [0, 0.1) is 5.92 Å². The number of nitrogens with one attached hydrogen (secondary N) is 1. The third kappa shape index (κ3) is 2.42. The van der Waals surface area contributed by atoms with Gasteiger partial charge < -0.3 is 4.74 Å². The molecule has 0 fully saturated rings. The lowest BCUT2D eigenvalue weighted by Crippen LogP contribution is -2.42. The Bertz CT molecular complexity index is 457. The molecule has 3 heteroatoms. The minimum absolute atomic E-state index is 0.101. The van der Waals surface area contributed by atoms with Gasteiger partial charge in [-0.2, -0.15) is 0 Å². The van der Waals surface area contributed by atoms with Crippen molar-refractivity contribution in [2.24, 2.45) is 5.92 Å². The van der Waals surface area contributed by atoms with Crippen molar-refractivity contribution in [1.82, 2.24) is 5.32 Å². The third-order valence-corrected chi connectivity index (χ3v) is 3.19. The molecule has 2 rings (SSSR count). The van der Waals surface area contributed by atoms with E-state index in [4.69, 9.17) is 4.74 Å². The number of hydrogen-bond acceptors (Lipinski definition) is 3. The van der Waals surface area contributed by atoms with Crippen molar-refractivity contribution in [1.29, 1.82) is 0 Å². The summed E-state index contributed by atoms with van der Waals surface area (Å²) >= 11 is 0. The molecular formula is C15H17NO2. The summed E-state index contributed by atoms with van der Waals surface area (Å²) in [5.74, 6) is -0.118. The fourth-order valence-electron chi connectivity index (χ4n) is 1.99. The lowest BCUT2D eigenvalue weighted by molar-refractivity contribution is 0.0490. The van der Waals surface area contributed by atoms with E-state index in [0.29, 0.717) is 0 Å². The summed E-state index contributed by atoms with van der Waals surface area (Å²) in [6.07, 6.45) is 7.49. The van der Waals surface area contributed by atoms with E-state index in [0.717, 1.165) is 5.56 Å². The Hall–Kier alpha value is -1.71. The van der Waals surface area contributed by atoms with Gasteiger partial charge in [0.1, 0.15) is 0 Å². The number of allylic oxidation sites excluding steroid dienone is 2. The zero-order valence-electron chi connectivity index (χ0n) is 10.6. The molecule has 0 saturated carbocycles. The van der Waals surface area contributed by atoms with E-state index in [1.807, 2.05) is 61.7 Å². The second-order valence-electron chi connectivity index (χ2n) is 4.22. The molecule has 0 saturated heterocycles. The Kier molecular flexibility index (Phi) is 3.75. The molecule has 0 bridgehead atoms. The largest absolute Gasteiger partial charge is 0.357 e. The Morgan fingerprint density at radius 2 is 1.83 bits per heavy atom. The number of rotatable bonds is 4. The monoisotopic (exact) mass is 243 g/mol. The zero-order valence-corrected chi connectivity index (χ0v) is 10.6. The number of carbonyl (C=O) groups excluding carboxylic acids is 1. The average Bonchev–Trinajstić information content (AvgIpc) is 2.47. The SMILES string of the molecule is CNC1(OC)C=CC(C(=O)c2ccccc2)C=C1. The highest BCUT2D eigenvalue weighted by atomic mass is 16.5. The van der Waals surface area contributed by atoms with Crippen LogP contribution in [0.1, 0.15) is 10.4 Å². The van der Waals surface area contributed by atoms with E-state index in [1.165, 1.54) is 0 Å². The van der Waals surface area contributed by atoms with Gasteiger partial charge in [-0.25, -0.2) is 0 Å². The molecule has 3 nitrogen and oxygen atoms in total. The predicted octanol–water partition coefficient (Wildman–Crippen LogP) is 2.17. The minimum atomic E-state index is -0.590. The number of Topliss-reactive ketones (excluding diaryl/α,β-unsaturated/α-hetero) is 1. The van der Waals surface area contributed by atoms with E-state index in [-0.39, 0.29) is 11.7 Å². The molecule has 0 spiro atoms. The molecule has 0 aliphatic heterocycles. The highest BCUT2D eigenvalue weighted by Crippen LogP contribution is 2.22. The standard InChI is InChI=1S/C15H17NO2/c1-16-15(18-2)10-8-13(9-11-15)14(17)12-6-4-3-5-7-12/h3-11,13,16H,1-2H3. The maximum atomic E-state index is 12.2. The summed E-state index contributed by atoms with van der Waals surface area (Å²) in [4.78, 5) is 12.2. The molecule has 0 amide bonds. The van der Waals surface area contributed by atoms with Crippen molar-refractivity contribution in [3.8, 4) is 0 Å². The fraction of sp³-hybridized carbons (Fsp3) is 0.267. The quantitative estimate of drug-likeness (QED) is 0.500. The maximum Gasteiger partial charge on any atom is 0.173 e. The van der Waals surface area contributed by atoms with Crippen LogP contribution < -0.4 is 5.32 Å². The number of carbonyl (C=O) groups is 1. The molecule has 0 unspecified atom stereocenters. The number of ketones is 1. The molecule has 1 N–H and O–H groups in total. The van der Waals surface area contributed by atoms with Crippen LogP contribution in [0.15, 0.2) is 54.6 Å². The Morgan fingerprint density at radius 3 is 2.33 bits per heavy atom. The summed E-state index contributed by atoms with van der Waals surface area (Å²) in [5.41, 5.74) is 0.138. The van der Waals surface area contributed by atoms with Gasteiger partial charge in [-0.05, 0) is 19.2 Å². The number of methoxy groups -OCH3 is 1. The molecule has 0 heterocycles. The Labute approximate surface area is 107 Å². The summed E-state index contributed by atoms with van der Waals surface area (Å²) in [6.45, 7) is 0. The summed E-state index contributed by atoms with van der Waals surface area (Å²) < 4.78 is 5.37. The van der Waals surface area contributed by atoms with Crippen LogP contribution in [-0.4, -0.2) is 25.7 Å². The number of ether oxygens (including phenoxy) is 1. The van der Waals surface area contributed by atoms with Gasteiger partial charge in [-0.15, -0.1) is 0 Å². The molecule has 0 aromatic heterocycles. The van der Waals surface area contributed by atoms with Crippen LogP contribution in [-0.2, 0) is 4.74 Å². The van der Waals surface area contributed by atoms with E-state index in [9.17, 15) is 4.79 Å². The fourth-order valence-corrected chi connectivity index (χ4v) is 1.99. The van der Waals surface area contributed by atoms with Gasteiger partial charge in [0.05, 0.1) is 5.92 Å². The molecule has 0 atom stereocenters. The first-order valence-corrected chi connectivity index (χ1v) is 5.93. The molecule has 1 aliphatic rings. The van der Waals surface area contributed by atoms with Gasteiger partial charge in [0.25, 0.3) is 0 Å². The van der Waals surface area contributed by atoms with Gasteiger partial charge in [0.2, 0.25) is 0 Å². The second-order valence-corrected chi connectivity index (χ2v) is 4.22. The van der Waals surface area contributed by atoms with Gasteiger partial charge in [0, 0.05) is 12.7 Å². The molecular weight excluding hydrogens is 226 g/mol. The maximum absolute atomic E-state index is 12.2.